The van der Waals surface area contributed by atoms with Gasteiger partial charge in [-0.05, 0) is 50.2 Å². The molecule has 0 spiro atoms. The standard InChI is InChI=1S/C18H23N3O3/c1-23-18-14(7-5-9-19-18)17(22)20-13-15(16-8-6-12-24-16)21-10-3-2-4-11-21/h5-9,12,15H,2-4,10-11,13H2,1H3,(H,20,22)/t15-/m1/s1. The Balaban J connectivity index is 1.70. The molecule has 6 heteroatoms. The number of rotatable bonds is 6. The number of ether oxygens (including phenoxy) is 1. The maximum atomic E-state index is 12.5. The molecule has 1 amide bonds. The normalized spacial score (nSPS) is 16.5. The van der Waals surface area contributed by atoms with E-state index in [1.54, 1.807) is 24.6 Å². The van der Waals surface area contributed by atoms with Gasteiger partial charge in [0.25, 0.3) is 5.91 Å². The number of hydrogen-bond donors (Lipinski definition) is 1. The Morgan fingerprint density at radius 3 is 2.88 bits per heavy atom. The third kappa shape index (κ3) is 3.76. The van der Waals surface area contributed by atoms with Gasteiger partial charge in [0.1, 0.15) is 11.3 Å². The first-order valence-electron chi connectivity index (χ1n) is 8.34. The molecule has 24 heavy (non-hydrogen) atoms. The Hall–Kier alpha value is -2.34. The minimum atomic E-state index is -0.187. The molecule has 0 bridgehead atoms. The fourth-order valence-corrected chi connectivity index (χ4v) is 3.13. The number of hydrogen-bond acceptors (Lipinski definition) is 5. The molecule has 1 N–H and O–H groups in total. The van der Waals surface area contributed by atoms with Crippen LogP contribution in [0.5, 0.6) is 5.88 Å². The molecule has 128 valence electrons. The average molecular weight is 329 g/mol. The SMILES string of the molecule is COc1ncccc1C(=O)NC[C@H](c1ccco1)N1CCCCC1. The fourth-order valence-electron chi connectivity index (χ4n) is 3.13. The van der Waals surface area contributed by atoms with Crippen LogP contribution in [-0.4, -0.2) is 42.5 Å². The van der Waals surface area contributed by atoms with Crippen molar-refractivity contribution in [2.75, 3.05) is 26.7 Å². The van der Waals surface area contributed by atoms with Crippen LogP contribution in [0, 0.1) is 0 Å². The van der Waals surface area contributed by atoms with Crippen LogP contribution < -0.4 is 10.1 Å². The predicted octanol–water partition coefficient (Wildman–Crippen LogP) is 2.64. The minimum absolute atomic E-state index is 0.0481. The summed E-state index contributed by atoms with van der Waals surface area (Å²) in [6.45, 7) is 2.54. The number of carbonyl (C=O) groups is 1. The molecular weight excluding hydrogens is 306 g/mol. The van der Waals surface area contributed by atoms with Gasteiger partial charge in [0, 0.05) is 12.7 Å². The number of nitrogens with zero attached hydrogens (tertiary/aromatic N) is 2. The van der Waals surface area contributed by atoms with Gasteiger partial charge >= 0.3 is 0 Å². The summed E-state index contributed by atoms with van der Waals surface area (Å²) < 4.78 is 10.8. The Bertz CT molecular complexity index is 651. The quantitative estimate of drug-likeness (QED) is 0.882. The number of likely N-dealkylation sites (tertiary alicyclic amines) is 1. The second kappa shape index (κ2) is 7.97. The van der Waals surface area contributed by atoms with Gasteiger partial charge in [-0.2, -0.15) is 0 Å². The fraction of sp³-hybridized carbons (Fsp3) is 0.444. The highest BCUT2D eigenvalue weighted by molar-refractivity contribution is 5.96. The predicted molar refractivity (Wildman–Crippen MR) is 90.0 cm³/mol. The highest BCUT2D eigenvalue weighted by Gasteiger charge is 2.25. The third-order valence-corrected chi connectivity index (χ3v) is 4.37. The summed E-state index contributed by atoms with van der Waals surface area (Å²) in [5.41, 5.74) is 0.442. The van der Waals surface area contributed by atoms with Gasteiger partial charge in [-0.15, -0.1) is 0 Å². The molecule has 0 unspecified atom stereocenters. The molecule has 0 saturated carbocycles. The zero-order valence-corrected chi connectivity index (χ0v) is 13.9. The van der Waals surface area contributed by atoms with Crippen molar-refractivity contribution in [1.82, 2.24) is 15.2 Å². The summed E-state index contributed by atoms with van der Waals surface area (Å²) in [5, 5.41) is 3.00. The number of furan rings is 1. The first kappa shape index (κ1) is 16.5. The van der Waals surface area contributed by atoms with Crippen LogP contribution in [0.25, 0.3) is 0 Å². The molecule has 0 aromatic carbocycles. The second-order valence-electron chi connectivity index (χ2n) is 5.90. The van der Waals surface area contributed by atoms with Gasteiger partial charge in [0.2, 0.25) is 5.88 Å². The summed E-state index contributed by atoms with van der Waals surface area (Å²) in [5.74, 6) is 1.03. The summed E-state index contributed by atoms with van der Waals surface area (Å²) in [6.07, 6.45) is 6.91. The van der Waals surface area contributed by atoms with E-state index in [2.05, 4.69) is 15.2 Å². The first-order chi connectivity index (χ1) is 11.8. The molecule has 2 aromatic heterocycles. The van der Waals surface area contributed by atoms with Gasteiger partial charge in [-0.1, -0.05) is 6.42 Å². The van der Waals surface area contributed by atoms with Crippen LogP contribution in [0.2, 0.25) is 0 Å². The van der Waals surface area contributed by atoms with Crippen LogP contribution in [0.1, 0.15) is 41.4 Å². The van der Waals surface area contributed by atoms with Crippen molar-refractivity contribution in [2.45, 2.75) is 25.3 Å². The maximum Gasteiger partial charge on any atom is 0.256 e. The maximum absolute atomic E-state index is 12.5. The van der Waals surface area contributed by atoms with E-state index in [1.165, 1.54) is 26.4 Å². The summed E-state index contributed by atoms with van der Waals surface area (Å²) in [7, 11) is 1.51. The lowest BCUT2D eigenvalue weighted by molar-refractivity contribution is 0.0910. The van der Waals surface area contributed by atoms with Crippen molar-refractivity contribution in [3.63, 3.8) is 0 Å². The number of carbonyl (C=O) groups excluding carboxylic acids is 1. The highest BCUT2D eigenvalue weighted by Crippen LogP contribution is 2.24. The van der Waals surface area contributed by atoms with E-state index in [4.69, 9.17) is 9.15 Å². The zero-order chi connectivity index (χ0) is 16.8. The topological polar surface area (TPSA) is 67.6 Å². The molecule has 3 rings (SSSR count). The molecular formula is C18H23N3O3. The van der Waals surface area contributed by atoms with Gasteiger partial charge in [0.15, 0.2) is 0 Å². The van der Waals surface area contributed by atoms with E-state index in [0.29, 0.717) is 18.0 Å². The number of pyridine rings is 1. The van der Waals surface area contributed by atoms with E-state index in [1.807, 2.05) is 12.1 Å². The van der Waals surface area contributed by atoms with Crippen molar-refractivity contribution in [2.24, 2.45) is 0 Å². The average Bonchev–Trinajstić information content (AvgIpc) is 3.17. The van der Waals surface area contributed by atoms with Crippen LogP contribution in [0.3, 0.4) is 0 Å². The molecule has 1 aliphatic rings. The minimum Gasteiger partial charge on any atom is -0.480 e. The van der Waals surface area contributed by atoms with E-state index >= 15 is 0 Å². The number of methoxy groups -OCH3 is 1. The van der Waals surface area contributed by atoms with E-state index in [0.717, 1.165) is 18.8 Å². The molecule has 0 radical (unpaired) electrons. The lowest BCUT2D eigenvalue weighted by Crippen LogP contribution is -2.40. The Kier molecular flexibility index (Phi) is 5.48. The van der Waals surface area contributed by atoms with Gasteiger partial charge in [-0.25, -0.2) is 4.98 Å². The van der Waals surface area contributed by atoms with Crippen LogP contribution in [0.15, 0.2) is 41.1 Å². The molecule has 0 aliphatic carbocycles. The molecule has 6 nitrogen and oxygen atoms in total. The molecule has 1 atom stereocenters. The van der Waals surface area contributed by atoms with Gasteiger partial charge < -0.3 is 14.5 Å². The number of aromatic nitrogens is 1. The lowest BCUT2D eigenvalue weighted by atomic mass is 10.1. The third-order valence-electron chi connectivity index (χ3n) is 4.37. The summed E-state index contributed by atoms with van der Waals surface area (Å²) in [6, 6.07) is 7.34. The van der Waals surface area contributed by atoms with E-state index in [9.17, 15) is 4.79 Å². The van der Waals surface area contributed by atoms with Crippen molar-refractivity contribution in [1.29, 1.82) is 0 Å². The monoisotopic (exact) mass is 329 g/mol. The highest BCUT2D eigenvalue weighted by atomic mass is 16.5. The lowest BCUT2D eigenvalue weighted by Gasteiger charge is -2.33. The number of amides is 1. The number of piperidine rings is 1. The summed E-state index contributed by atoms with van der Waals surface area (Å²) in [4.78, 5) is 19.0. The van der Waals surface area contributed by atoms with Crippen molar-refractivity contribution < 1.29 is 13.9 Å². The largest absolute Gasteiger partial charge is 0.480 e. The van der Waals surface area contributed by atoms with Gasteiger partial charge in [-0.3, -0.25) is 9.69 Å². The van der Waals surface area contributed by atoms with Crippen molar-refractivity contribution in [3.8, 4) is 5.88 Å². The molecule has 1 saturated heterocycles. The smallest absolute Gasteiger partial charge is 0.256 e. The van der Waals surface area contributed by atoms with Crippen molar-refractivity contribution >= 4 is 5.91 Å². The molecule has 3 heterocycles. The van der Waals surface area contributed by atoms with Gasteiger partial charge in [0.05, 0.1) is 19.4 Å². The molecule has 1 aliphatic heterocycles. The Morgan fingerprint density at radius 2 is 2.17 bits per heavy atom. The second-order valence-corrected chi connectivity index (χ2v) is 5.90. The Morgan fingerprint density at radius 1 is 1.33 bits per heavy atom. The van der Waals surface area contributed by atoms with E-state index in [-0.39, 0.29) is 11.9 Å². The molecule has 1 fully saturated rings. The Labute approximate surface area is 141 Å². The van der Waals surface area contributed by atoms with Crippen molar-refractivity contribution in [3.05, 3.63) is 48.0 Å². The van der Waals surface area contributed by atoms with E-state index < -0.39 is 0 Å². The van der Waals surface area contributed by atoms with Crippen LogP contribution in [-0.2, 0) is 0 Å². The van der Waals surface area contributed by atoms with Crippen LogP contribution >= 0.6 is 0 Å². The van der Waals surface area contributed by atoms with Crippen LogP contribution in [0.4, 0.5) is 0 Å². The summed E-state index contributed by atoms with van der Waals surface area (Å²) >= 11 is 0. The number of nitrogens with one attached hydrogen (secondary N) is 1. The first-order valence-corrected chi connectivity index (χ1v) is 8.34. The molecule has 2 aromatic rings. The zero-order valence-electron chi connectivity index (χ0n) is 13.9.